The molecule has 2 aromatic carbocycles. The van der Waals surface area contributed by atoms with Crippen molar-refractivity contribution in [3.8, 4) is 11.5 Å². The molecule has 0 fully saturated rings. The van der Waals surface area contributed by atoms with Gasteiger partial charge in [-0.2, -0.15) is 0 Å². The number of hydrogen-bond acceptors (Lipinski definition) is 6. The van der Waals surface area contributed by atoms with Gasteiger partial charge in [-0.3, -0.25) is 14.9 Å². The minimum atomic E-state index is -0.231. The maximum absolute atomic E-state index is 12.3. The summed E-state index contributed by atoms with van der Waals surface area (Å²) in [5, 5.41) is 7.84. The molecule has 0 aliphatic carbocycles. The van der Waals surface area contributed by atoms with Gasteiger partial charge < -0.3 is 14.8 Å². The molecular formula is C22H23N3O4S. The number of nitrogens with one attached hydrogen (secondary N) is 2. The smallest absolute Gasteiger partial charge is 0.257 e. The van der Waals surface area contributed by atoms with Crippen LogP contribution in [-0.2, 0) is 17.8 Å². The lowest BCUT2D eigenvalue weighted by atomic mass is 10.2. The second kappa shape index (κ2) is 10.4. The predicted octanol–water partition coefficient (Wildman–Crippen LogP) is 3.66. The molecule has 0 saturated heterocycles. The van der Waals surface area contributed by atoms with Crippen LogP contribution >= 0.6 is 11.3 Å². The Balaban J connectivity index is 1.51. The summed E-state index contributed by atoms with van der Waals surface area (Å²) >= 11 is 1.29. The average molecular weight is 426 g/mol. The van der Waals surface area contributed by atoms with Crippen LogP contribution in [0.25, 0.3) is 0 Å². The maximum Gasteiger partial charge on any atom is 0.257 e. The number of rotatable bonds is 9. The molecule has 0 radical (unpaired) electrons. The Kier molecular flexibility index (Phi) is 7.40. The number of carbonyl (C=O) groups excluding carboxylic acids is 2. The normalized spacial score (nSPS) is 10.3. The summed E-state index contributed by atoms with van der Waals surface area (Å²) < 4.78 is 10.8. The van der Waals surface area contributed by atoms with E-state index in [9.17, 15) is 9.59 Å². The van der Waals surface area contributed by atoms with E-state index in [0.717, 1.165) is 5.56 Å². The first-order chi connectivity index (χ1) is 14.6. The molecule has 0 bridgehead atoms. The lowest BCUT2D eigenvalue weighted by molar-refractivity contribution is -0.120. The minimum Gasteiger partial charge on any atom is -0.493 e. The van der Waals surface area contributed by atoms with Crippen molar-refractivity contribution in [1.29, 1.82) is 0 Å². The van der Waals surface area contributed by atoms with E-state index in [4.69, 9.17) is 9.47 Å². The Hall–Kier alpha value is -3.39. The van der Waals surface area contributed by atoms with Crippen molar-refractivity contribution < 1.29 is 19.1 Å². The SMILES string of the molecule is CCOc1ccc(CNC(=O)Cc2csc(NC(=O)c3ccccc3)n2)cc1OC. The van der Waals surface area contributed by atoms with Crippen molar-refractivity contribution in [3.05, 3.63) is 70.7 Å². The molecule has 1 aromatic heterocycles. The van der Waals surface area contributed by atoms with E-state index >= 15 is 0 Å². The lowest BCUT2D eigenvalue weighted by Crippen LogP contribution is -2.24. The first-order valence-electron chi connectivity index (χ1n) is 9.46. The number of anilines is 1. The van der Waals surface area contributed by atoms with E-state index in [-0.39, 0.29) is 18.2 Å². The van der Waals surface area contributed by atoms with Crippen LogP contribution < -0.4 is 20.1 Å². The highest BCUT2D eigenvalue weighted by atomic mass is 32.1. The first kappa shape index (κ1) is 21.3. The van der Waals surface area contributed by atoms with E-state index < -0.39 is 0 Å². The van der Waals surface area contributed by atoms with Crippen LogP contribution in [0.3, 0.4) is 0 Å². The predicted molar refractivity (Wildman–Crippen MR) is 116 cm³/mol. The molecule has 3 rings (SSSR count). The number of nitrogens with zero attached hydrogens (tertiary/aromatic N) is 1. The molecule has 0 unspecified atom stereocenters. The van der Waals surface area contributed by atoms with Crippen molar-refractivity contribution >= 4 is 28.3 Å². The molecule has 8 heteroatoms. The molecule has 1 heterocycles. The third-order valence-corrected chi connectivity index (χ3v) is 4.97. The highest BCUT2D eigenvalue weighted by molar-refractivity contribution is 7.14. The second-order valence-corrected chi connectivity index (χ2v) is 7.19. The molecular weight excluding hydrogens is 402 g/mol. The molecule has 0 aliphatic heterocycles. The van der Waals surface area contributed by atoms with Crippen molar-refractivity contribution in [1.82, 2.24) is 10.3 Å². The number of carbonyl (C=O) groups is 2. The van der Waals surface area contributed by atoms with E-state index in [1.165, 1.54) is 11.3 Å². The average Bonchev–Trinajstić information content (AvgIpc) is 3.20. The molecule has 0 atom stereocenters. The zero-order chi connectivity index (χ0) is 21.3. The van der Waals surface area contributed by atoms with Gasteiger partial charge in [-0.15, -0.1) is 11.3 Å². The molecule has 0 saturated carbocycles. The minimum absolute atomic E-state index is 0.131. The fourth-order valence-corrected chi connectivity index (χ4v) is 3.43. The summed E-state index contributed by atoms with van der Waals surface area (Å²) in [6.07, 6.45) is 0.131. The van der Waals surface area contributed by atoms with Gasteiger partial charge >= 0.3 is 0 Å². The van der Waals surface area contributed by atoms with Gasteiger partial charge in [0.25, 0.3) is 5.91 Å². The number of ether oxygens (including phenoxy) is 2. The van der Waals surface area contributed by atoms with Crippen molar-refractivity contribution in [2.24, 2.45) is 0 Å². The zero-order valence-corrected chi connectivity index (χ0v) is 17.6. The van der Waals surface area contributed by atoms with Gasteiger partial charge in [-0.1, -0.05) is 24.3 Å². The number of methoxy groups -OCH3 is 1. The van der Waals surface area contributed by atoms with Crippen LogP contribution in [0.4, 0.5) is 5.13 Å². The molecule has 0 spiro atoms. The van der Waals surface area contributed by atoms with Gasteiger partial charge in [0, 0.05) is 17.5 Å². The highest BCUT2D eigenvalue weighted by Crippen LogP contribution is 2.28. The Morgan fingerprint density at radius 3 is 2.63 bits per heavy atom. The van der Waals surface area contributed by atoms with Gasteiger partial charge in [0.05, 0.1) is 25.8 Å². The summed E-state index contributed by atoms with van der Waals surface area (Å²) in [5.74, 6) is 0.906. The van der Waals surface area contributed by atoms with E-state index in [1.54, 1.807) is 36.8 Å². The van der Waals surface area contributed by atoms with Crippen LogP contribution in [0.5, 0.6) is 11.5 Å². The Morgan fingerprint density at radius 1 is 1.10 bits per heavy atom. The molecule has 2 N–H and O–H groups in total. The molecule has 30 heavy (non-hydrogen) atoms. The van der Waals surface area contributed by atoms with Gasteiger partial charge in [0.15, 0.2) is 16.6 Å². The van der Waals surface area contributed by atoms with Crippen LogP contribution in [0, 0.1) is 0 Å². The molecule has 0 aliphatic rings. The molecule has 3 aromatic rings. The fraction of sp³-hybridized carbons (Fsp3) is 0.227. The molecule has 2 amide bonds. The number of amides is 2. The quantitative estimate of drug-likeness (QED) is 0.546. The van der Waals surface area contributed by atoms with Crippen molar-refractivity contribution in [3.63, 3.8) is 0 Å². The number of aromatic nitrogens is 1. The van der Waals surface area contributed by atoms with Crippen molar-refractivity contribution in [2.45, 2.75) is 19.9 Å². The summed E-state index contributed by atoms with van der Waals surface area (Å²) in [4.78, 5) is 28.8. The monoisotopic (exact) mass is 425 g/mol. The molecule has 156 valence electrons. The number of hydrogen-bond donors (Lipinski definition) is 2. The standard InChI is InChI=1S/C22H23N3O4S/c1-3-29-18-10-9-15(11-19(18)28-2)13-23-20(26)12-17-14-30-22(24-17)25-21(27)16-7-5-4-6-8-16/h4-11,14H,3,12-13H2,1-2H3,(H,23,26)(H,24,25,27). The summed E-state index contributed by atoms with van der Waals surface area (Å²) in [5.41, 5.74) is 2.06. The number of thiazole rings is 1. The van der Waals surface area contributed by atoms with E-state index in [1.807, 2.05) is 31.2 Å². The van der Waals surface area contributed by atoms with E-state index in [2.05, 4.69) is 15.6 Å². The Labute approximate surface area is 179 Å². The van der Waals surface area contributed by atoms with Gasteiger partial charge in [-0.05, 0) is 36.8 Å². The lowest BCUT2D eigenvalue weighted by Gasteiger charge is -2.11. The van der Waals surface area contributed by atoms with Crippen LogP contribution in [0.1, 0.15) is 28.5 Å². The van der Waals surface area contributed by atoms with Gasteiger partial charge in [0.2, 0.25) is 5.91 Å². The van der Waals surface area contributed by atoms with Crippen LogP contribution in [0.15, 0.2) is 53.9 Å². The Morgan fingerprint density at radius 2 is 1.90 bits per heavy atom. The maximum atomic E-state index is 12.3. The fourth-order valence-electron chi connectivity index (χ4n) is 2.73. The summed E-state index contributed by atoms with van der Waals surface area (Å²) in [6, 6.07) is 14.4. The summed E-state index contributed by atoms with van der Waals surface area (Å²) in [6.45, 7) is 2.82. The van der Waals surface area contributed by atoms with Gasteiger partial charge in [0.1, 0.15) is 0 Å². The van der Waals surface area contributed by atoms with Crippen molar-refractivity contribution in [2.75, 3.05) is 19.0 Å². The molecule has 7 nitrogen and oxygen atoms in total. The first-order valence-corrected chi connectivity index (χ1v) is 10.3. The largest absolute Gasteiger partial charge is 0.493 e. The topological polar surface area (TPSA) is 89.6 Å². The number of benzene rings is 2. The third kappa shape index (κ3) is 5.81. The Bertz CT molecular complexity index is 1000. The zero-order valence-electron chi connectivity index (χ0n) is 16.8. The second-order valence-electron chi connectivity index (χ2n) is 6.34. The van der Waals surface area contributed by atoms with E-state index in [0.29, 0.717) is 41.0 Å². The highest BCUT2D eigenvalue weighted by Gasteiger charge is 2.12. The summed E-state index contributed by atoms with van der Waals surface area (Å²) in [7, 11) is 1.58. The van der Waals surface area contributed by atoms with Gasteiger partial charge in [-0.25, -0.2) is 4.98 Å². The third-order valence-electron chi connectivity index (χ3n) is 4.17. The van der Waals surface area contributed by atoms with Crippen LogP contribution in [-0.4, -0.2) is 30.5 Å². The van der Waals surface area contributed by atoms with Crippen LogP contribution in [0.2, 0.25) is 0 Å².